The van der Waals surface area contributed by atoms with Crippen molar-refractivity contribution in [1.82, 2.24) is 4.90 Å². The van der Waals surface area contributed by atoms with E-state index in [2.05, 4.69) is 0 Å². The number of ether oxygens (including phenoxy) is 5. The fraction of sp³-hybridized carbons (Fsp3) is 0.317. The van der Waals surface area contributed by atoms with Crippen LogP contribution in [0.5, 0.6) is 17.2 Å². The molecule has 272 valence electrons. The van der Waals surface area contributed by atoms with Gasteiger partial charge in [0.05, 0.1) is 38.1 Å². The molecule has 0 saturated carbocycles. The number of likely N-dealkylation sites (tertiary alicyclic amines) is 1. The molecule has 4 aromatic carbocycles. The van der Waals surface area contributed by atoms with Gasteiger partial charge in [-0.25, -0.2) is 9.59 Å². The summed E-state index contributed by atoms with van der Waals surface area (Å²) in [4.78, 5) is 61.5. The molecule has 4 heterocycles. The van der Waals surface area contributed by atoms with Gasteiger partial charge in [-0.15, -0.1) is 0 Å². The van der Waals surface area contributed by atoms with Gasteiger partial charge < -0.3 is 23.7 Å². The lowest BCUT2D eigenvalue weighted by molar-refractivity contribution is -0.141. The van der Waals surface area contributed by atoms with Gasteiger partial charge in [0.2, 0.25) is 5.91 Å². The van der Waals surface area contributed by atoms with E-state index in [4.69, 9.17) is 23.7 Å². The van der Waals surface area contributed by atoms with Crippen molar-refractivity contribution in [3.8, 4) is 17.2 Å². The molecule has 3 amide bonds. The number of carbonyl (C=O) groups is 4. The van der Waals surface area contributed by atoms with Crippen LogP contribution in [0, 0.1) is 0 Å². The van der Waals surface area contributed by atoms with Gasteiger partial charge >= 0.3 is 12.2 Å². The number of piperidine rings is 1. The van der Waals surface area contributed by atoms with Crippen molar-refractivity contribution in [3.05, 3.63) is 113 Å². The molecule has 4 aromatic rings. The van der Waals surface area contributed by atoms with Crippen molar-refractivity contribution in [2.75, 3.05) is 44.2 Å². The number of Topliss-reactive ketones (excluding diaryl/α,β-unsaturated/α-hetero) is 1. The van der Waals surface area contributed by atoms with E-state index in [-0.39, 0.29) is 62.2 Å². The molecule has 0 aromatic heterocycles. The topological polar surface area (TPSA) is 124 Å². The van der Waals surface area contributed by atoms with Gasteiger partial charge in [-0.3, -0.25) is 24.3 Å². The zero-order chi connectivity index (χ0) is 36.9. The Morgan fingerprint density at radius 2 is 1.42 bits per heavy atom. The van der Waals surface area contributed by atoms with E-state index in [9.17, 15) is 14.4 Å². The average molecular weight is 718 g/mol. The molecule has 0 aliphatic carbocycles. The van der Waals surface area contributed by atoms with Gasteiger partial charge in [0.15, 0.2) is 22.9 Å². The number of hydrogen-bond acceptors (Lipinski definition) is 9. The van der Waals surface area contributed by atoms with Crippen LogP contribution in [0.1, 0.15) is 47.1 Å². The van der Waals surface area contributed by atoms with Gasteiger partial charge in [-0.1, -0.05) is 72.8 Å². The third-order valence-electron chi connectivity index (χ3n) is 11.0. The molecular formula is C41H39N3O9. The fourth-order valence-electron chi connectivity index (χ4n) is 8.70. The summed E-state index contributed by atoms with van der Waals surface area (Å²) in [6, 6.07) is 26.3. The van der Waals surface area contributed by atoms with Gasteiger partial charge in [0.1, 0.15) is 19.0 Å². The molecule has 2 fully saturated rings. The number of rotatable bonds is 8. The van der Waals surface area contributed by atoms with Crippen LogP contribution in [0.3, 0.4) is 0 Å². The Bertz CT molecular complexity index is 2120. The summed E-state index contributed by atoms with van der Waals surface area (Å²) in [6.45, 7) is 0.630. The molecule has 12 nitrogen and oxygen atoms in total. The molecule has 2 saturated heterocycles. The number of para-hydroxylation sites is 1. The van der Waals surface area contributed by atoms with Gasteiger partial charge in [0, 0.05) is 31.5 Å². The number of amides is 3. The predicted molar refractivity (Wildman–Crippen MR) is 193 cm³/mol. The maximum Gasteiger partial charge on any atom is 0.414 e. The lowest BCUT2D eigenvalue weighted by atomic mass is 9.59. The molecule has 0 unspecified atom stereocenters. The van der Waals surface area contributed by atoms with E-state index >= 15 is 4.79 Å². The lowest BCUT2D eigenvalue weighted by Gasteiger charge is -2.58. The number of carbonyl (C=O) groups excluding carboxylic acids is 4. The number of hydrogen-bond donors (Lipinski definition) is 0. The third kappa shape index (κ3) is 5.02. The first-order valence-corrected chi connectivity index (χ1v) is 17.6. The van der Waals surface area contributed by atoms with Crippen molar-refractivity contribution in [2.24, 2.45) is 0 Å². The standard InChI is InChI=1S/C41H39N3O9/c1-49-35-30(23-28-18-21-42(38(47)51-3)33(28)36(35)50-2)40-20-22-43(39(48)53-25-27-13-8-5-9-14-27)41(37(40)46)19-17-32(45)44(41)34-29(40)15-10-16-31(34)52-24-26-11-6-4-7-12-26/h4-16,23H,17-22,24-25H2,1-3H3/t40-,41+/m1/s1. The maximum absolute atomic E-state index is 15.8. The first-order valence-electron chi connectivity index (χ1n) is 17.6. The smallest absolute Gasteiger partial charge is 0.414 e. The van der Waals surface area contributed by atoms with Crippen molar-refractivity contribution < 1.29 is 42.9 Å². The van der Waals surface area contributed by atoms with Gasteiger partial charge in [0.25, 0.3) is 0 Å². The highest BCUT2D eigenvalue weighted by atomic mass is 16.6. The summed E-state index contributed by atoms with van der Waals surface area (Å²) >= 11 is 0. The van der Waals surface area contributed by atoms with Crippen molar-refractivity contribution >= 4 is 35.3 Å². The number of anilines is 2. The minimum Gasteiger partial charge on any atom is -0.492 e. The van der Waals surface area contributed by atoms with E-state index in [1.807, 2.05) is 78.9 Å². The normalized spacial score (nSPS) is 21.1. The fourth-order valence-corrected chi connectivity index (χ4v) is 8.70. The summed E-state index contributed by atoms with van der Waals surface area (Å²) in [5, 5.41) is 0. The van der Waals surface area contributed by atoms with E-state index in [1.165, 1.54) is 36.0 Å². The molecule has 0 radical (unpaired) electrons. The number of nitrogens with zero attached hydrogens (tertiary/aromatic N) is 3. The minimum atomic E-state index is -1.72. The molecule has 53 heavy (non-hydrogen) atoms. The number of benzene rings is 4. The molecule has 12 heteroatoms. The Balaban J connectivity index is 1.34. The largest absolute Gasteiger partial charge is 0.492 e. The second kappa shape index (κ2) is 13.2. The van der Waals surface area contributed by atoms with Crippen LogP contribution in [0.2, 0.25) is 0 Å². The Morgan fingerprint density at radius 3 is 2.09 bits per heavy atom. The van der Waals surface area contributed by atoms with E-state index in [0.717, 1.165) is 16.7 Å². The van der Waals surface area contributed by atoms with E-state index < -0.39 is 23.3 Å². The van der Waals surface area contributed by atoms with E-state index in [1.54, 1.807) is 6.07 Å². The Morgan fingerprint density at radius 1 is 0.717 bits per heavy atom. The van der Waals surface area contributed by atoms with Crippen molar-refractivity contribution in [1.29, 1.82) is 0 Å². The zero-order valence-corrected chi connectivity index (χ0v) is 29.8. The molecule has 2 atom stereocenters. The summed E-state index contributed by atoms with van der Waals surface area (Å²) in [6.07, 6.45) is -0.549. The Labute approximate surface area is 306 Å². The van der Waals surface area contributed by atoms with Crippen LogP contribution in [0.15, 0.2) is 84.9 Å². The summed E-state index contributed by atoms with van der Waals surface area (Å²) in [7, 11) is 4.30. The van der Waals surface area contributed by atoms with Crippen LogP contribution >= 0.6 is 0 Å². The highest BCUT2D eigenvalue weighted by Gasteiger charge is 2.71. The highest BCUT2D eigenvalue weighted by molar-refractivity contribution is 6.18. The summed E-state index contributed by atoms with van der Waals surface area (Å²) in [5.41, 5.74) is 1.33. The zero-order valence-electron chi connectivity index (χ0n) is 29.8. The van der Waals surface area contributed by atoms with Crippen LogP contribution in [0.25, 0.3) is 0 Å². The predicted octanol–water partition coefficient (Wildman–Crippen LogP) is 6.15. The highest BCUT2D eigenvalue weighted by Crippen LogP contribution is 2.62. The Hall–Kier alpha value is -6.04. The lowest BCUT2D eigenvalue weighted by Crippen LogP contribution is -2.75. The molecule has 1 spiro atoms. The van der Waals surface area contributed by atoms with Crippen LogP contribution in [0.4, 0.5) is 21.0 Å². The van der Waals surface area contributed by atoms with Gasteiger partial charge in [-0.05, 0) is 47.2 Å². The second-order valence-corrected chi connectivity index (χ2v) is 13.5. The van der Waals surface area contributed by atoms with Crippen LogP contribution in [-0.4, -0.2) is 68.9 Å². The molecule has 0 N–H and O–H groups in total. The number of methoxy groups -OCH3 is 3. The van der Waals surface area contributed by atoms with Gasteiger partial charge in [-0.2, -0.15) is 0 Å². The van der Waals surface area contributed by atoms with Crippen LogP contribution < -0.4 is 24.0 Å². The number of ketones is 1. The molecule has 2 bridgehead atoms. The summed E-state index contributed by atoms with van der Waals surface area (Å²) < 4.78 is 29.5. The maximum atomic E-state index is 15.8. The second-order valence-electron chi connectivity index (χ2n) is 13.5. The third-order valence-corrected chi connectivity index (χ3v) is 11.0. The average Bonchev–Trinajstić information content (AvgIpc) is 3.77. The first kappa shape index (κ1) is 34.1. The van der Waals surface area contributed by atoms with E-state index in [0.29, 0.717) is 41.2 Å². The molecule has 8 rings (SSSR count). The van der Waals surface area contributed by atoms with Crippen molar-refractivity contribution in [2.45, 2.75) is 50.0 Å². The monoisotopic (exact) mass is 717 g/mol. The summed E-state index contributed by atoms with van der Waals surface area (Å²) in [5.74, 6) is 0.289. The SMILES string of the molecule is COC(=O)N1CCc2cc([C@@]34CCN(C(=O)OCc5ccccc5)[C@]5(CCC(=O)N5c5c(OCc6ccccc6)cccc53)C4=O)c(OC)c(OC)c21. The molecule has 4 aliphatic rings. The number of fused-ring (bicyclic) bond motifs is 5. The quantitative estimate of drug-likeness (QED) is 0.211. The minimum absolute atomic E-state index is 0.00586. The van der Waals surface area contributed by atoms with Crippen molar-refractivity contribution in [3.63, 3.8) is 0 Å². The Kier molecular flexibility index (Phi) is 8.47. The molecule has 4 aliphatic heterocycles. The van der Waals surface area contributed by atoms with Crippen LogP contribution in [-0.2, 0) is 44.1 Å². The molecular weight excluding hydrogens is 678 g/mol. The first-order chi connectivity index (χ1) is 25.8.